The fourth-order valence-corrected chi connectivity index (χ4v) is 1.15. The first-order chi connectivity index (χ1) is 7.26. The van der Waals surface area contributed by atoms with Gasteiger partial charge in [-0.15, -0.1) is 0 Å². The summed E-state index contributed by atoms with van der Waals surface area (Å²) in [6, 6.07) is 7.64. The molecular weight excluding hydrogens is 190 g/mol. The number of carbonyl (C=O) groups excluding carboxylic acids is 1. The molecule has 0 aliphatic carbocycles. The molecule has 0 saturated carbocycles. The highest BCUT2D eigenvalue weighted by atomic mass is 16.5. The van der Waals surface area contributed by atoms with Crippen LogP contribution in [0.3, 0.4) is 0 Å². The normalized spacial score (nSPS) is 8.93. The van der Waals surface area contributed by atoms with Gasteiger partial charge < -0.3 is 10.5 Å². The molecule has 0 unspecified atom stereocenters. The minimum absolute atomic E-state index is 0.528. The van der Waals surface area contributed by atoms with Crippen LogP contribution in [0.4, 0.5) is 0 Å². The molecule has 1 aromatic carbocycles. The van der Waals surface area contributed by atoms with Crippen molar-refractivity contribution in [2.75, 3.05) is 13.7 Å². The van der Waals surface area contributed by atoms with Crippen molar-refractivity contribution in [1.29, 1.82) is 0 Å². The Labute approximate surface area is 89.2 Å². The molecule has 78 valence electrons. The molecule has 0 atom stereocenters. The van der Waals surface area contributed by atoms with Crippen molar-refractivity contribution in [3.05, 3.63) is 35.4 Å². The minimum atomic E-state index is -0.528. The number of carbonyl (C=O) groups is 1. The first-order valence-electron chi connectivity index (χ1n) is 4.65. The van der Waals surface area contributed by atoms with Gasteiger partial charge in [0.15, 0.2) is 0 Å². The quantitative estimate of drug-likeness (QED) is 0.569. The van der Waals surface area contributed by atoms with Gasteiger partial charge in [0.25, 0.3) is 0 Å². The third-order valence-corrected chi connectivity index (χ3v) is 1.85. The lowest BCUT2D eigenvalue weighted by Gasteiger charge is -1.98. The summed E-state index contributed by atoms with van der Waals surface area (Å²) >= 11 is 0. The third-order valence-electron chi connectivity index (χ3n) is 1.85. The fraction of sp³-hybridized carbons (Fsp3) is 0.250. The second-order valence-electron chi connectivity index (χ2n) is 2.98. The van der Waals surface area contributed by atoms with E-state index in [0.717, 1.165) is 17.5 Å². The van der Waals surface area contributed by atoms with Crippen molar-refractivity contribution < 1.29 is 9.53 Å². The number of hydrogen-bond acceptors (Lipinski definition) is 3. The first kappa shape index (κ1) is 11.3. The Balaban J connectivity index is 2.80. The standard InChI is InChI=1S/C12H13NO2/c1-15-12(14)6-5-10-3-2-4-11(9-10)7-8-13/h2-4,9H,7-8,13H2,1H3. The average Bonchev–Trinajstić information content (AvgIpc) is 2.27. The van der Waals surface area contributed by atoms with Gasteiger partial charge >= 0.3 is 5.97 Å². The van der Waals surface area contributed by atoms with Gasteiger partial charge in [-0.25, -0.2) is 4.79 Å². The maximum atomic E-state index is 10.8. The second kappa shape index (κ2) is 5.84. The highest BCUT2D eigenvalue weighted by molar-refractivity contribution is 5.88. The fourth-order valence-electron chi connectivity index (χ4n) is 1.15. The summed E-state index contributed by atoms with van der Waals surface area (Å²) in [4.78, 5) is 10.8. The van der Waals surface area contributed by atoms with Gasteiger partial charge in [0.05, 0.1) is 7.11 Å². The molecule has 15 heavy (non-hydrogen) atoms. The van der Waals surface area contributed by atoms with E-state index in [2.05, 4.69) is 16.6 Å². The van der Waals surface area contributed by atoms with E-state index in [9.17, 15) is 4.79 Å². The molecule has 0 spiro atoms. The van der Waals surface area contributed by atoms with Gasteiger partial charge in [-0.1, -0.05) is 18.1 Å². The zero-order chi connectivity index (χ0) is 11.1. The maximum absolute atomic E-state index is 10.8. The molecule has 0 saturated heterocycles. The van der Waals surface area contributed by atoms with Crippen LogP contribution in [0.2, 0.25) is 0 Å². The number of rotatable bonds is 2. The number of methoxy groups -OCH3 is 1. The van der Waals surface area contributed by atoms with Crippen molar-refractivity contribution in [3.8, 4) is 11.8 Å². The molecule has 0 bridgehead atoms. The molecule has 0 aliphatic heterocycles. The van der Waals surface area contributed by atoms with Crippen molar-refractivity contribution in [2.24, 2.45) is 5.73 Å². The molecule has 0 aliphatic rings. The number of benzene rings is 1. The monoisotopic (exact) mass is 203 g/mol. The van der Waals surface area contributed by atoms with Crippen LogP contribution in [0.15, 0.2) is 24.3 Å². The van der Waals surface area contributed by atoms with Crippen LogP contribution >= 0.6 is 0 Å². The summed E-state index contributed by atoms with van der Waals surface area (Å²) in [7, 11) is 1.31. The van der Waals surface area contributed by atoms with Crippen LogP contribution < -0.4 is 5.73 Å². The maximum Gasteiger partial charge on any atom is 0.384 e. The van der Waals surface area contributed by atoms with Crippen LogP contribution in [0.5, 0.6) is 0 Å². The average molecular weight is 203 g/mol. The summed E-state index contributed by atoms with van der Waals surface area (Å²) in [5.74, 6) is 4.58. The van der Waals surface area contributed by atoms with Crippen LogP contribution in [0.1, 0.15) is 11.1 Å². The zero-order valence-corrected chi connectivity index (χ0v) is 8.62. The Morgan fingerprint density at radius 3 is 3.00 bits per heavy atom. The summed E-state index contributed by atoms with van der Waals surface area (Å²) in [6.07, 6.45) is 0.813. The lowest BCUT2D eigenvalue weighted by molar-refractivity contribution is -0.133. The topological polar surface area (TPSA) is 52.3 Å². The summed E-state index contributed by atoms with van der Waals surface area (Å²) < 4.78 is 4.42. The molecule has 1 rings (SSSR count). The Morgan fingerprint density at radius 1 is 1.53 bits per heavy atom. The van der Waals surface area contributed by atoms with Gasteiger partial charge in [0, 0.05) is 11.5 Å². The molecule has 3 nitrogen and oxygen atoms in total. The van der Waals surface area contributed by atoms with Crippen LogP contribution in [0.25, 0.3) is 0 Å². The molecule has 3 heteroatoms. The van der Waals surface area contributed by atoms with Crippen molar-refractivity contribution in [3.63, 3.8) is 0 Å². The van der Waals surface area contributed by atoms with Crippen LogP contribution in [-0.2, 0) is 16.0 Å². The predicted octanol–water partition coefficient (Wildman–Crippen LogP) is 0.712. The molecule has 1 aromatic rings. The first-order valence-corrected chi connectivity index (χ1v) is 4.65. The Kier molecular flexibility index (Phi) is 4.39. The van der Waals surface area contributed by atoms with Gasteiger partial charge in [0.2, 0.25) is 0 Å². The Morgan fingerprint density at radius 2 is 2.33 bits per heavy atom. The predicted molar refractivity (Wildman–Crippen MR) is 58.1 cm³/mol. The summed E-state index contributed by atoms with van der Waals surface area (Å²) in [6.45, 7) is 0.605. The lowest BCUT2D eigenvalue weighted by Crippen LogP contribution is -2.02. The van der Waals surface area contributed by atoms with Crippen molar-refractivity contribution in [2.45, 2.75) is 6.42 Å². The number of nitrogens with two attached hydrogens (primary N) is 1. The van der Waals surface area contributed by atoms with Gasteiger partial charge in [-0.05, 0) is 30.7 Å². The van der Waals surface area contributed by atoms with E-state index >= 15 is 0 Å². The molecule has 0 radical (unpaired) electrons. The largest absolute Gasteiger partial charge is 0.459 e. The third kappa shape index (κ3) is 3.84. The molecule has 0 heterocycles. The highest BCUT2D eigenvalue weighted by Crippen LogP contribution is 2.04. The van der Waals surface area contributed by atoms with E-state index in [4.69, 9.17) is 5.73 Å². The van der Waals surface area contributed by atoms with Crippen LogP contribution in [0, 0.1) is 11.8 Å². The number of esters is 1. The molecular formula is C12H13NO2. The lowest BCUT2D eigenvalue weighted by atomic mass is 10.1. The van der Waals surface area contributed by atoms with Crippen molar-refractivity contribution in [1.82, 2.24) is 0 Å². The van der Waals surface area contributed by atoms with Gasteiger partial charge in [-0.3, -0.25) is 0 Å². The van der Waals surface area contributed by atoms with E-state index in [1.807, 2.05) is 24.3 Å². The molecule has 0 aromatic heterocycles. The van der Waals surface area contributed by atoms with E-state index in [-0.39, 0.29) is 0 Å². The van der Waals surface area contributed by atoms with E-state index in [1.54, 1.807) is 0 Å². The van der Waals surface area contributed by atoms with E-state index in [0.29, 0.717) is 6.54 Å². The van der Waals surface area contributed by atoms with E-state index in [1.165, 1.54) is 7.11 Å². The van der Waals surface area contributed by atoms with Gasteiger partial charge in [-0.2, -0.15) is 0 Å². The molecule has 0 fully saturated rings. The second-order valence-corrected chi connectivity index (χ2v) is 2.98. The smallest absolute Gasteiger partial charge is 0.384 e. The number of ether oxygens (including phenoxy) is 1. The SMILES string of the molecule is COC(=O)C#Cc1cccc(CCN)c1. The number of hydrogen-bond donors (Lipinski definition) is 1. The van der Waals surface area contributed by atoms with Crippen molar-refractivity contribution >= 4 is 5.97 Å². The Hall–Kier alpha value is -1.79. The van der Waals surface area contributed by atoms with Crippen LogP contribution in [-0.4, -0.2) is 19.6 Å². The van der Waals surface area contributed by atoms with E-state index < -0.39 is 5.97 Å². The Bertz CT molecular complexity index is 402. The molecule has 0 amide bonds. The van der Waals surface area contributed by atoms with Gasteiger partial charge in [0.1, 0.15) is 0 Å². The zero-order valence-electron chi connectivity index (χ0n) is 8.62. The summed E-state index contributed by atoms with van der Waals surface area (Å²) in [5.41, 5.74) is 7.36. The minimum Gasteiger partial charge on any atom is -0.459 e. The summed E-state index contributed by atoms with van der Waals surface area (Å²) in [5, 5.41) is 0. The molecule has 2 N–H and O–H groups in total. The highest BCUT2D eigenvalue weighted by Gasteiger charge is 1.93.